The number of hydrogen-bond donors (Lipinski definition) is 2. The number of benzene rings is 1. The summed E-state index contributed by atoms with van der Waals surface area (Å²) in [5.74, 6) is 4.64. The summed E-state index contributed by atoms with van der Waals surface area (Å²) in [4.78, 5) is 12.7. The number of nitrogens with one attached hydrogen (secondary N) is 1. The zero-order valence-electron chi connectivity index (χ0n) is 6.75. The van der Waals surface area contributed by atoms with Gasteiger partial charge in [0.2, 0.25) is 0 Å². The van der Waals surface area contributed by atoms with Gasteiger partial charge in [0.1, 0.15) is 0 Å². The summed E-state index contributed by atoms with van der Waals surface area (Å²) in [6.45, 7) is 0. The summed E-state index contributed by atoms with van der Waals surface area (Å²) in [5.41, 5.74) is 2.62. The smallest absolute Gasteiger partial charge is 0.265 e. The zero-order chi connectivity index (χ0) is 9.40. The zero-order valence-corrected chi connectivity index (χ0v) is 8.91. The molecule has 66 valence electrons. The molecule has 1 amide bonds. The van der Waals surface area contributed by atoms with Gasteiger partial charge in [-0.15, -0.1) is 0 Å². The highest BCUT2D eigenvalue weighted by molar-refractivity contribution is 14.1. The molecule has 3 N–H and O–H groups in total. The first-order valence-corrected chi connectivity index (χ1v) is 5.44. The third-order valence-corrected chi connectivity index (χ3v) is 1.17. The molecule has 0 saturated heterocycles. The summed E-state index contributed by atoms with van der Waals surface area (Å²) in [6, 6.07) is 8.80. The molecule has 0 unspecified atom stereocenters. The van der Waals surface area contributed by atoms with Gasteiger partial charge in [-0.1, -0.05) is 40.8 Å². The molecule has 0 bridgehead atoms. The van der Waals surface area contributed by atoms with Crippen molar-refractivity contribution >= 4 is 28.5 Å². The Bertz CT molecular complexity index is 226. The van der Waals surface area contributed by atoms with Crippen LogP contribution in [0.25, 0.3) is 0 Å². The fourth-order valence-electron chi connectivity index (χ4n) is 0.673. The molecular weight excluding hydrogens is 267 g/mol. The highest BCUT2D eigenvalue weighted by Gasteiger charge is 1.98. The Labute approximate surface area is 85.5 Å². The maximum absolute atomic E-state index is 10.8. The van der Waals surface area contributed by atoms with Gasteiger partial charge in [-0.3, -0.25) is 10.2 Å². The Balaban J connectivity index is 0.000000561. The maximum atomic E-state index is 10.8. The molecule has 1 aromatic rings. The van der Waals surface area contributed by atoms with Gasteiger partial charge in [0, 0.05) is 5.56 Å². The van der Waals surface area contributed by atoms with Gasteiger partial charge in [-0.2, -0.15) is 0 Å². The van der Waals surface area contributed by atoms with Crippen molar-refractivity contribution in [1.29, 1.82) is 0 Å². The minimum atomic E-state index is -0.263. The van der Waals surface area contributed by atoms with E-state index in [1.54, 1.807) is 24.3 Å². The average molecular weight is 278 g/mol. The van der Waals surface area contributed by atoms with E-state index in [2.05, 4.69) is 22.6 Å². The van der Waals surface area contributed by atoms with Crippen LogP contribution in [0.15, 0.2) is 30.3 Å². The first-order valence-electron chi connectivity index (χ1n) is 3.28. The van der Waals surface area contributed by atoms with Crippen LogP contribution in [0.2, 0.25) is 0 Å². The van der Waals surface area contributed by atoms with Crippen LogP contribution >= 0.6 is 22.6 Å². The van der Waals surface area contributed by atoms with E-state index in [0.717, 1.165) is 0 Å². The van der Waals surface area contributed by atoms with Crippen molar-refractivity contribution in [2.45, 2.75) is 0 Å². The molecule has 0 saturated carbocycles. The molecule has 3 nitrogen and oxygen atoms in total. The number of nitrogens with two attached hydrogens (primary N) is 1. The minimum absolute atomic E-state index is 0.263. The SMILES string of the molecule is CI.NNC(=O)c1ccccc1. The fourth-order valence-corrected chi connectivity index (χ4v) is 0.673. The topological polar surface area (TPSA) is 55.1 Å². The van der Waals surface area contributed by atoms with E-state index >= 15 is 0 Å². The van der Waals surface area contributed by atoms with Gasteiger partial charge in [0.05, 0.1) is 0 Å². The monoisotopic (exact) mass is 278 g/mol. The second-order valence-corrected chi connectivity index (χ2v) is 1.84. The van der Waals surface area contributed by atoms with Crippen molar-refractivity contribution in [3.05, 3.63) is 35.9 Å². The molecule has 0 fully saturated rings. The third-order valence-electron chi connectivity index (χ3n) is 1.17. The van der Waals surface area contributed by atoms with Gasteiger partial charge in [-0.05, 0) is 17.1 Å². The van der Waals surface area contributed by atoms with Crippen LogP contribution in [0.4, 0.5) is 0 Å². The molecule has 1 rings (SSSR count). The summed E-state index contributed by atoms with van der Waals surface area (Å²) in [6.07, 6.45) is 0. The number of alkyl halides is 1. The molecule has 0 aliphatic carbocycles. The van der Waals surface area contributed by atoms with E-state index in [-0.39, 0.29) is 5.91 Å². The standard InChI is InChI=1S/C7H8N2O.CH3I/c8-9-7(10)6-4-2-1-3-5-6;1-2/h1-5H,8H2,(H,9,10);1H3. The quantitative estimate of drug-likeness (QED) is 0.268. The summed E-state index contributed by atoms with van der Waals surface area (Å²) in [5, 5.41) is 0. The van der Waals surface area contributed by atoms with Gasteiger partial charge in [-0.25, -0.2) is 5.84 Å². The summed E-state index contributed by atoms with van der Waals surface area (Å²) >= 11 is 2.15. The predicted molar refractivity (Wildman–Crippen MR) is 58.0 cm³/mol. The van der Waals surface area contributed by atoms with Gasteiger partial charge in [0.15, 0.2) is 0 Å². The van der Waals surface area contributed by atoms with Crippen molar-refractivity contribution in [3.63, 3.8) is 0 Å². The number of carbonyl (C=O) groups excluding carboxylic acids is 1. The second-order valence-electron chi connectivity index (χ2n) is 1.84. The van der Waals surface area contributed by atoms with Crippen LogP contribution in [-0.2, 0) is 0 Å². The van der Waals surface area contributed by atoms with Crippen LogP contribution in [-0.4, -0.2) is 10.8 Å². The van der Waals surface area contributed by atoms with Crippen molar-refractivity contribution in [3.8, 4) is 0 Å². The van der Waals surface area contributed by atoms with Crippen molar-refractivity contribution in [1.82, 2.24) is 5.43 Å². The van der Waals surface area contributed by atoms with Gasteiger partial charge in [0.25, 0.3) is 5.91 Å². The van der Waals surface area contributed by atoms with Gasteiger partial charge >= 0.3 is 0 Å². The van der Waals surface area contributed by atoms with E-state index in [1.807, 2.05) is 16.4 Å². The number of rotatable bonds is 1. The molecular formula is C8H11IN2O. The van der Waals surface area contributed by atoms with Crippen LogP contribution in [0.1, 0.15) is 10.4 Å². The molecule has 0 aliphatic heterocycles. The minimum Gasteiger partial charge on any atom is -0.290 e. The summed E-state index contributed by atoms with van der Waals surface area (Å²) < 4.78 is 0. The van der Waals surface area contributed by atoms with Crippen LogP contribution in [0.3, 0.4) is 0 Å². The van der Waals surface area contributed by atoms with Crippen molar-refractivity contribution in [2.75, 3.05) is 4.93 Å². The van der Waals surface area contributed by atoms with Gasteiger partial charge < -0.3 is 0 Å². The average Bonchev–Trinajstić information content (AvgIpc) is 2.21. The van der Waals surface area contributed by atoms with E-state index in [4.69, 9.17) is 5.84 Å². The molecule has 0 aromatic heterocycles. The Morgan fingerprint density at radius 2 is 1.83 bits per heavy atom. The third kappa shape index (κ3) is 3.68. The Morgan fingerprint density at radius 1 is 1.33 bits per heavy atom. The van der Waals surface area contributed by atoms with Crippen molar-refractivity contribution in [2.24, 2.45) is 5.84 Å². The largest absolute Gasteiger partial charge is 0.290 e. The normalized spacial score (nSPS) is 7.92. The second kappa shape index (κ2) is 7.05. The number of nitrogen functional groups attached to an aromatic ring is 1. The number of carbonyl (C=O) groups is 1. The van der Waals surface area contributed by atoms with E-state index in [0.29, 0.717) is 5.56 Å². The molecule has 0 radical (unpaired) electrons. The Kier molecular flexibility index (Phi) is 6.69. The Morgan fingerprint density at radius 3 is 2.25 bits per heavy atom. The number of amides is 1. The molecule has 12 heavy (non-hydrogen) atoms. The first kappa shape index (κ1) is 11.4. The molecule has 0 atom stereocenters. The van der Waals surface area contributed by atoms with Crippen LogP contribution in [0, 0.1) is 0 Å². The Hall–Kier alpha value is -0.620. The molecule has 1 aromatic carbocycles. The predicted octanol–water partition coefficient (Wildman–Crippen LogP) is 1.34. The maximum Gasteiger partial charge on any atom is 0.265 e. The molecule has 0 heterocycles. The lowest BCUT2D eigenvalue weighted by Gasteiger charge is -1.95. The molecule has 0 aliphatic rings. The highest BCUT2D eigenvalue weighted by Crippen LogP contribution is 1.95. The number of halogens is 1. The van der Waals surface area contributed by atoms with Crippen molar-refractivity contribution < 1.29 is 4.79 Å². The summed E-state index contributed by atoms with van der Waals surface area (Å²) in [7, 11) is 0. The van der Waals surface area contributed by atoms with E-state index in [1.165, 1.54) is 0 Å². The lowest BCUT2D eigenvalue weighted by atomic mass is 10.2. The lowest BCUT2D eigenvalue weighted by Crippen LogP contribution is -2.29. The fraction of sp³-hybridized carbons (Fsp3) is 0.125. The number of hydrogen-bond acceptors (Lipinski definition) is 2. The molecule has 0 spiro atoms. The molecule has 4 heteroatoms. The van der Waals surface area contributed by atoms with E-state index in [9.17, 15) is 4.79 Å². The lowest BCUT2D eigenvalue weighted by molar-refractivity contribution is 0.0953. The van der Waals surface area contributed by atoms with E-state index < -0.39 is 0 Å². The highest BCUT2D eigenvalue weighted by atomic mass is 127. The van der Waals surface area contributed by atoms with Crippen LogP contribution in [0.5, 0.6) is 0 Å². The number of hydrazine groups is 1. The van der Waals surface area contributed by atoms with Crippen LogP contribution < -0.4 is 11.3 Å². The first-order chi connectivity index (χ1) is 5.84.